The Morgan fingerprint density at radius 3 is 2.33 bits per heavy atom. The summed E-state index contributed by atoms with van der Waals surface area (Å²) in [4.78, 5) is 13.4. The van der Waals surface area contributed by atoms with Crippen molar-refractivity contribution in [3.05, 3.63) is 64.7 Å². The van der Waals surface area contributed by atoms with Gasteiger partial charge in [-0.25, -0.2) is 0 Å². The van der Waals surface area contributed by atoms with Gasteiger partial charge in [-0.05, 0) is 40.2 Å². The molecule has 0 bridgehead atoms. The van der Waals surface area contributed by atoms with Crippen LogP contribution in [0.2, 0.25) is 0 Å². The summed E-state index contributed by atoms with van der Waals surface area (Å²) in [6.07, 6.45) is 0.190. The zero-order valence-electron chi connectivity index (χ0n) is 17.3. The lowest BCUT2D eigenvalue weighted by molar-refractivity contribution is 0.103. The molecule has 27 heavy (non-hydrogen) atoms. The van der Waals surface area contributed by atoms with Gasteiger partial charge in [0.05, 0.1) is 6.61 Å². The largest absolute Gasteiger partial charge is 0.491 e. The summed E-state index contributed by atoms with van der Waals surface area (Å²) >= 11 is 0. The minimum Gasteiger partial charge on any atom is -0.491 e. The van der Waals surface area contributed by atoms with Gasteiger partial charge in [-0.2, -0.15) is 0 Å². The van der Waals surface area contributed by atoms with Crippen LogP contribution in [-0.2, 0) is 15.6 Å². The minimum absolute atomic E-state index is 0.00162. The molecular weight excluding hydrogens is 336 g/mol. The lowest BCUT2D eigenvalue weighted by Crippen LogP contribution is -2.18. The number of hydrogen-bond acceptors (Lipinski definition) is 3. The van der Waals surface area contributed by atoms with Crippen LogP contribution in [0.4, 0.5) is 0 Å². The molecule has 3 nitrogen and oxygen atoms in total. The van der Waals surface area contributed by atoms with E-state index in [1.807, 2.05) is 36.4 Å². The molecule has 2 aromatic rings. The monoisotopic (exact) mass is 366 g/mol. The Balaban J connectivity index is 1.99. The molecule has 1 saturated heterocycles. The fourth-order valence-corrected chi connectivity index (χ4v) is 3.09. The maximum Gasteiger partial charge on any atom is 0.193 e. The van der Waals surface area contributed by atoms with Crippen molar-refractivity contribution in [3.8, 4) is 5.75 Å². The van der Waals surface area contributed by atoms with Crippen LogP contribution in [0.25, 0.3) is 0 Å². The number of epoxide rings is 1. The molecule has 0 radical (unpaired) electrons. The second-order valence-corrected chi connectivity index (χ2v) is 9.38. The number of ether oxygens (including phenoxy) is 2. The molecule has 2 aromatic carbocycles. The van der Waals surface area contributed by atoms with Crippen LogP contribution in [0.5, 0.6) is 5.75 Å². The van der Waals surface area contributed by atoms with Gasteiger partial charge in [-0.15, -0.1) is 0 Å². The molecule has 0 amide bonds. The van der Waals surface area contributed by atoms with E-state index in [0.717, 1.165) is 23.3 Å². The smallest absolute Gasteiger partial charge is 0.193 e. The van der Waals surface area contributed by atoms with Gasteiger partial charge in [0.2, 0.25) is 0 Å². The zero-order chi connectivity index (χ0) is 19.8. The highest BCUT2D eigenvalue weighted by Crippen LogP contribution is 2.32. The number of benzene rings is 2. The van der Waals surface area contributed by atoms with Crippen LogP contribution in [0.3, 0.4) is 0 Å². The Labute approximate surface area is 162 Å². The fourth-order valence-electron chi connectivity index (χ4n) is 3.09. The Kier molecular flexibility index (Phi) is 5.18. The SMILES string of the molecule is CC(C)(C)c1cccc(C(=O)c2cc(OCC3CO3)ccc2C(C)(C)C)c1. The second-order valence-electron chi connectivity index (χ2n) is 9.38. The summed E-state index contributed by atoms with van der Waals surface area (Å²) in [5.41, 5.74) is 3.48. The van der Waals surface area contributed by atoms with E-state index in [1.165, 1.54) is 0 Å². The first-order valence-electron chi connectivity index (χ1n) is 9.60. The standard InChI is InChI=1S/C24H30O3/c1-23(2,3)17-9-7-8-16(12-17)22(25)20-13-18(26-14-19-15-27-19)10-11-21(20)24(4,5)6/h7-13,19H,14-15H2,1-6H3. The highest BCUT2D eigenvalue weighted by molar-refractivity contribution is 6.10. The molecule has 1 fully saturated rings. The van der Waals surface area contributed by atoms with Gasteiger partial charge >= 0.3 is 0 Å². The third-order valence-electron chi connectivity index (χ3n) is 4.87. The Bertz CT molecular complexity index is 833. The van der Waals surface area contributed by atoms with Crippen LogP contribution in [0, 0.1) is 0 Å². The third-order valence-corrected chi connectivity index (χ3v) is 4.87. The van der Waals surface area contributed by atoms with Gasteiger partial charge in [-0.3, -0.25) is 4.79 Å². The van der Waals surface area contributed by atoms with Crippen molar-refractivity contribution in [1.29, 1.82) is 0 Å². The van der Waals surface area contributed by atoms with Gasteiger partial charge in [0.1, 0.15) is 18.5 Å². The van der Waals surface area contributed by atoms with Gasteiger partial charge < -0.3 is 9.47 Å². The van der Waals surface area contributed by atoms with Gasteiger partial charge in [-0.1, -0.05) is 65.8 Å². The molecule has 0 saturated carbocycles. The van der Waals surface area contributed by atoms with E-state index in [4.69, 9.17) is 9.47 Å². The molecule has 3 heteroatoms. The lowest BCUT2D eigenvalue weighted by Gasteiger charge is -2.24. The van der Waals surface area contributed by atoms with Crippen LogP contribution >= 0.6 is 0 Å². The molecule has 0 aliphatic carbocycles. The second kappa shape index (κ2) is 7.12. The van der Waals surface area contributed by atoms with E-state index in [2.05, 4.69) is 47.6 Å². The molecule has 3 rings (SSSR count). The number of hydrogen-bond donors (Lipinski definition) is 0. The van der Waals surface area contributed by atoms with Crippen molar-refractivity contribution in [3.63, 3.8) is 0 Å². The molecule has 1 aliphatic rings. The molecule has 1 atom stereocenters. The summed E-state index contributed by atoms with van der Waals surface area (Å²) in [5, 5.41) is 0. The quantitative estimate of drug-likeness (QED) is 0.533. The van der Waals surface area contributed by atoms with Gasteiger partial charge in [0.15, 0.2) is 5.78 Å². The van der Waals surface area contributed by atoms with Gasteiger partial charge in [0.25, 0.3) is 0 Å². The van der Waals surface area contributed by atoms with Crippen LogP contribution in [-0.4, -0.2) is 25.1 Å². The van der Waals surface area contributed by atoms with Crippen LogP contribution < -0.4 is 4.74 Å². The third kappa shape index (κ3) is 4.78. The number of carbonyl (C=O) groups excluding carboxylic acids is 1. The number of rotatable bonds is 5. The van der Waals surface area contributed by atoms with Crippen molar-refractivity contribution in [2.45, 2.75) is 58.5 Å². The van der Waals surface area contributed by atoms with Crippen molar-refractivity contribution >= 4 is 5.78 Å². The van der Waals surface area contributed by atoms with Crippen molar-refractivity contribution in [1.82, 2.24) is 0 Å². The zero-order valence-corrected chi connectivity index (χ0v) is 17.3. The molecule has 0 aromatic heterocycles. The van der Waals surface area contributed by atoms with E-state index >= 15 is 0 Å². The average Bonchev–Trinajstić information content (AvgIpc) is 3.42. The predicted octanol–water partition coefficient (Wildman–Crippen LogP) is 5.29. The van der Waals surface area contributed by atoms with Crippen molar-refractivity contribution in [2.75, 3.05) is 13.2 Å². The summed E-state index contributed by atoms with van der Waals surface area (Å²) in [6, 6.07) is 13.8. The van der Waals surface area contributed by atoms with Crippen LogP contribution in [0.1, 0.15) is 68.6 Å². The number of carbonyl (C=O) groups is 1. The van der Waals surface area contributed by atoms with Crippen LogP contribution in [0.15, 0.2) is 42.5 Å². The summed E-state index contributed by atoms with van der Waals surface area (Å²) < 4.78 is 11.0. The molecule has 1 unspecified atom stereocenters. The maximum absolute atomic E-state index is 13.4. The maximum atomic E-state index is 13.4. The van der Waals surface area contributed by atoms with Crippen molar-refractivity contribution < 1.29 is 14.3 Å². The van der Waals surface area contributed by atoms with E-state index in [1.54, 1.807) is 0 Å². The Morgan fingerprint density at radius 2 is 1.74 bits per heavy atom. The summed E-state index contributed by atoms with van der Waals surface area (Å²) in [6.45, 7) is 14.1. The van der Waals surface area contributed by atoms with E-state index < -0.39 is 0 Å². The van der Waals surface area contributed by atoms with E-state index in [9.17, 15) is 4.79 Å². The molecule has 144 valence electrons. The first kappa shape index (κ1) is 19.6. The van der Waals surface area contributed by atoms with E-state index in [0.29, 0.717) is 17.9 Å². The normalized spacial score (nSPS) is 16.9. The summed E-state index contributed by atoms with van der Waals surface area (Å²) in [7, 11) is 0. The highest BCUT2D eigenvalue weighted by Gasteiger charge is 2.26. The first-order valence-corrected chi connectivity index (χ1v) is 9.60. The molecular formula is C24H30O3. The van der Waals surface area contributed by atoms with E-state index in [-0.39, 0.29) is 22.7 Å². The predicted molar refractivity (Wildman–Crippen MR) is 109 cm³/mol. The Hall–Kier alpha value is -2.13. The van der Waals surface area contributed by atoms with Crippen molar-refractivity contribution in [2.24, 2.45) is 0 Å². The molecule has 1 aliphatic heterocycles. The molecule has 0 spiro atoms. The summed E-state index contributed by atoms with van der Waals surface area (Å²) in [5.74, 6) is 0.757. The van der Waals surface area contributed by atoms with Gasteiger partial charge in [0, 0.05) is 11.1 Å². The minimum atomic E-state index is -0.134. The Morgan fingerprint density at radius 1 is 1.04 bits per heavy atom. The fraction of sp³-hybridized carbons (Fsp3) is 0.458. The molecule has 1 heterocycles. The lowest BCUT2D eigenvalue weighted by atomic mass is 9.80. The highest BCUT2D eigenvalue weighted by atomic mass is 16.6. The number of ketones is 1. The molecule has 0 N–H and O–H groups in total. The average molecular weight is 367 g/mol. The topological polar surface area (TPSA) is 38.8 Å². The first-order chi connectivity index (χ1) is 12.6.